The molecule has 0 aromatic carbocycles. The van der Waals surface area contributed by atoms with E-state index >= 15 is 0 Å². The van der Waals surface area contributed by atoms with Crippen molar-refractivity contribution in [2.45, 2.75) is 115 Å². The number of ketones is 1. The van der Waals surface area contributed by atoms with Gasteiger partial charge in [0.05, 0.1) is 11.5 Å². The van der Waals surface area contributed by atoms with Crippen LogP contribution in [0.5, 0.6) is 0 Å². The number of rotatable bonds is 5. The Balaban J connectivity index is 1.72. The van der Waals surface area contributed by atoms with Crippen LogP contribution < -0.4 is 0 Å². The van der Waals surface area contributed by atoms with Gasteiger partial charge in [-0.1, -0.05) is 41.5 Å². The van der Waals surface area contributed by atoms with E-state index in [1.807, 2.05) is 6.92 Å². The molecule has 4 saturated carbocycles. The number of aliphatic hydroxyl groups excluding tert-OH is 1. The summed E-state index contributed by atoms with van der Waals surface area (Å²) < 4.78 is 18.5. The highest BCUT2D eigenvalue weighted by atomic mass is 28.4. The third-order valence-corrected chi connectivity index (χ3v) is 15.8. The molecule has 0 aromatic rings. The van der Waals surface area contributed by atoms with Gasteiger partial charge in [-0.25, -0.2) is 4.79 Å². The Morgan fingerprint density at radius 1 is 1.09 bits per heavy atom. The molecule has 0 amide bonds. The van der Waals surface area contributed by atoms with E-state index in [0.29, 0.717) is 12.3 Å². The van der Waals surface area contributed by atoms with E-state index in [2.05, 4.69) is 34.6 Å². The SMILES string of the molecule is CC[Si](CC)(CC)O[C@H]1C[C@@H]2C(=O)[C@@]3(C[C@](C)(O)[C@@H]4OC(=O)O[C@@]43[C@@H]1O)[C@H](C)C[C@@H]1[C@H]2C1(C)C. The van der Waals surface area contributed by atoms with Crippen LogP contribution in [0.25, 0.3) is 0 Å². The molecular weight excluding hydrogens is 452 g/mol. The van der Waals surface area contributed by atoms with Gasteiger partial charge in [0.25, 0.3) is 0 Å². The first-order valence-electron chi connectivity index (χ1n) is 13.3. The monoisotopic (exact) mass is 494 g/mol. The Morgan fingerprint density at radius 2 is 1.71 bits per heavy atom. The van der Waals surface area contributed by atoms with Crippen LogP contribution >= 0.6 is 0 Å². The second-order valence-electron chi connectivity index (χ2n) is 12.8. The molecule has 2 N–H and O–H groups in total. The molecule has 0 radical (unpaired) electrons. The molecule has 1 saturated heterocycles. The minimum Gasteiger partial charge on any atom is -0.423 e. The summed E-state index contributed by atoms with van der Waals surface area (Å²) in [5.41, 5.74) is -4.28. The van der Waals surface area contributed by atoms with Gasteiger partial charge in [-0.05, 0) is 67.5 Å². The van der Waals surface area contributed by atoms with Crippen molar-refractivity contribution in [1.82, 2.24) is 0 Å². The highest BCUT2D eigenvalue weighted by molar-refractivity contribution is 6.73. The predicted octanol–water partition coefficient (Wildman–Crippen LogP) is 4.05. The van der Waals surface area contributed by atoms with Crippen LogP contribution in [0.15, 0.2) is 0 Å². The molecule has 8 heteroatoms. The van der Waals surface area contributed by atoms with Gasteiger partial charge in [0.2, 0.25) is 0 Å². The van der Waals surface area contributed by atoms with Gasteiger partial charge in [-0.2, -0.15) is 0 Å². The number of Topliss-reactive ketones (excluding diaryl/α,β-unsaturated/α-hetero) is 1. The molecule has 192 valence electrons. The van der Waals surface area contributed by atoms with E-state index in [9.17, 15) is 19.8 Å². The summed E-state index contributed by atoms with van der Waals surface area (Å²) in [4.78, 5) is 27.3. The summed E-state index contributed by atoms with van der Waals surface area (Å²) in [6, 6.07) is 2.72. The summed E-state index contributed by atoms with van der Waals surface area (Å²) in [5, 5.41) is 23.7. The van der Waals surface area contributed by atoms with E-state index in [0.717, 1.165) is 24.6 Å². The molecule has 2 bridgehead atoms. The van der Waals surface area contributed by atoms with Gasteiger partial charge >= 0.3 is 6.16 Å². The fourth-order valence-corrected chi connectivity index (χ4v) is 12.0. The number of aliphatic hydroxyl groups is 2. The maximum Gasteiger partial charge on any atom is 0.509 e. The molecule has 1 aliphatic heterocycles. The number of ether oxygens (including phenoxy) is 2. The Labute approximate surface area is 204 Å². The van der Waals surface area contributed by atoms with Crippen LogP contribution in [-0.4, -0.2) is 60.0 Å². The lowest BCUT2D eigenvalue weighted by atomic mass is 9.59. The van der Waals surface area contributed by atoms with Crippen molar-refractivity contribution in [1.29, 1.82) is 0 Å². The van der Waals surface area contributed by atoms with Crippen molar-refractivity contribution in [3.8, 4) is 0 Å². The molecular formula is C26H42O7Si. The lowest BCUT2D eigenvalue weighted by Crippen LogP contribution is -2.66. The van der Waals surface area contributed by atoms with Crippen molar-refractivity contribution in [2.75, 3.05) is 0 Å². The second-order valence-corrected chi connectivity index (χ2v) is 17.5. The summed E-state index contributed by atoms with van der Waals surface area (Å²) >= 11 is 0. The van der Waals surface area contributed by atoms with Crippen LogP contribution in [0.4, 0.5) is 4.79 Å². The number of carbonyl (C=O) groups excluding carboxylic acids is 2. The summed E-state index contributed by atoms with van der Waals surface area (Å²) in [6.07, 6.45) is -2.56. The van der Waals surface area contributed by atoms with Crippen LogP contribution in [0.1, 0.15) is 67.7 Å². The summed E-state index contributed by atoms with van der Waals surface area (Å²) in [6.45, 7) is 14.5. The summed E-state index contributed by atoms with van der Waals surface area (Å²) in [7, 11) is -2.17. The molecule has 5 rings (SSSR count). The zero-order valence-electron chi connectivity index (χ0n) is 21.7. The molecule has 7 nitrogen and oxygen atoms in total. The molecule has 1 heterocycles. The molecule has 0 aromatic heterocycles. The third kappa shape index (κ3) is 2.74. The first-order chi connectivity index (χ1) is 15.8. The van der Waals surface area contributed by atoms with Gasteiger partial charge in [0, 0.05) is 5.92 Å². The van der Waals surface area contributed by atoms with E-state index in [-0.39, 0.29) is 35.4 Å². The van der Waals surface area contributed by atoms with Gasteiger partial charge in [0.1, 0.15) is 17.5 Å². The van der Waals surface area contributed by atoms with E-state index in [1.54, 1.807) is 6.92 Å². The predicted molar refractivity (Wildman–Crippen MR) is 127 cm³/mol. The number of fused-ring (bicyclic) bond motifs is 3. The molecule has 10 atom stereocenters. The minimum absolute atomic E-state index is 0.0288. The molecule has 5 fully saturated rings. The first kappa shape index (κ1) is 24.7. The topological polar surface area (TPSA) is 102 Å². The largest absolute Gasteiger partial charge is 0.509 e. The van der Waals surface area contributed by atoms with E-state index < -0.39 is 49.4 Å². The normalized spacial score (nSPS) is 50.9. The second kappa shape index (κ2) is 7.30. The number of hydrogen-bond acceptors (Lipinski definition) is 7. The van der Waals surface area contributed by atoms with Crippen molar-refractivity contribution in [3.63, 3.8) is 0 Å². The van der Waals surface area contributed by atoms with Gasteiger partial charge in [-0.15, -0.1) is 0 Å². The van der Waals surface area contributed by atoms with Crippen molar-refractivity contribution in [3.05, 3.63) is 0 Å². The Morgan fingerprint density at radius 3 is 2.29 bits per heavy atom. The van der Waals surface area contributed by atoms with E-state index in [4.69, 9.17) is 13.9 Å². The summed E-state index contributed by atoms with van der Waals surface area (Å²) in [5.74, 6) is 0.148. The van der Waals surface area contributed by atoms with Crippen LogP contribution in [-0.2, 0) is 18.7 Å². The molecule has 2 spiro atoms. The maximum absolute atomic E-state index is 14.7. The Kier molecular flexibility index (Phi) is 5.30. The van der Waals surface area contributed by atoms with Gasteiger partial charge in [-0.3, -0.25) is 4.79 Å². The highest BCUT2D eigenvalue weighted by Gasteiger charge is 2.85. The Hall–Kier alpha value is -0.963. The van der Waals surface area contributed by atoms with Crippen molar-refractivity contribution in [2.24, 2.45) is 34.5 Å². The quantitative estimate of drug-likeness (QED) is 0.439. The van der Waals surface area contributed by atoms with Crippen molar-refractivity contribution >= 4 is 20.3 Å². The molecule has 4 aliphatic carbocycles. The van der Waals surface area contributed by atoms with Crippen LogP contribution in [0.2, 0.25) is 18.1 Å². The number of carbonyl (C=O) groups is 2. The molecule has 34 heavy (non-hydrogen) atoms. The van der Waals surface area contributed by atoms with Gasteiger partial charge in [0.15, 0.2) is 20.0 Å². The average Bonchev–Trinajstić information content (AvgIpc) is 3.07. The third-order valence-electron chi connectivity index (χ3n) is 11.2. The van der Waals surface area contributed by atoms with E-state index in [1.165, 1.54) is 0 Å². The fraction of sp³-hybridized carbons (Fsp3) is 0.923. The zero-order valence-corrected chi connectivity index (χ0v) is 22.7. The number of hydrogen-bond donors (Lipinski definition) is 2. The molecule has 0 unspecified atom stereocenters. The van der Waals surface area contributed by atoms with Crippen LogP contribution in [0.3, 0.4) is 0 Å². The lowest BCUT2D eigenvalue weighted by Gasteiger charge is -2.48. The highest BCUT2D eigenvalue weighted by Crippen LogP contribution is 2.74. The fourth-order valence-electron chi connectivity index (χ4n) is 9.12. The van der Waals surface area contributed by atoms with Crippen molar-refractivity contribution < 1.29 is 33.7 Å². The Bertz CT molecular complexity index is 889. The minimum atomic E-state index is -2.17. The standard InChI is InChI=1S/C26H42O7Si/c1-8-34(9-2,10-3)33-17-12-15-18-16(23(18,5)6)11-14(4)25(19(15)27)13-24(7,30)21-26(25,20(17)28)32-22(29)31-21/h14-18,20-21,28,30H,8-13H2,1-7H3/t14-,15+,16-,17+,18+,20-,21+,24+,25-,26+/m1/s1. The molecule has 5 aliphatic rings. The lowest BCUT2D eigenvalue weighted by molar-refractivity contribution is -0.183. The van der Waals surface area contributed by atoms with Gasteiger partial charge < -0.3 is 24.1 Å². The van der Waals surface area contributed by atoms with Crippen LogP contribution in [0, 0.1) is 34.5 Å². The average molecular weight is 495 g/mol. The zero-order chi connectivity index (χ0) is 25.1. The first-order valence-corrected chi connectivity index (χ1v) is 15.8. The maximum atomic E-state index is 14.7. The smallest absolute Gasteiger partial charge is 0.423 e.